The number of carbonyl (C=O) groups excluding carboxylic acids is 1. The molecule has 0 N–H and O–H groups in total. The van der Waals surface area contributed by atoms with E-state index in [0.29, 0.717) is 31.6 Å². The van der Waals surface area contributed by atoms with Gasteiger partial charge in [0.15, 0.2) is 5.82 Å². The minimum absolute atomic E-state index is 0. The Morgan fingerprint density at radius 3 is 2.31 bits per heavy atom. The third kappa shape index (κ3) is 4.96. The zero-order valence-electron chi connectivity index (χ0n) is 19.5. The van der Waals surface area contributed by atoms with E-state index in [1.807, 2.05) is 47.4 Å². The lowest BCUT2D eigenvalue weighted by Crippen LogP contribution is -2.54. The van der Waals surface area contributed by atoms with E-state index < -0.39 is 0 Å². The summed E-state index contributed by atoms with van der Waals surface area (Å²) in [4.78, 5) is 17.1. The number of piperazine rings is 1. The Labute approximate surface area is 211 Å². The molecule has 0 aliphatic carbocycles. The van der Waals surface area contributed by atoms with Gasteiger partial charge < -0.3 is 9.80 Å². The zero-order chi connectivity index (χ0) is 23.5. The van der Waals surface area contributed by atoms with E-state index in [4.69, 9.17) is 5.26 Å². The highest BCUT2D eigenvalue weighted by atomic mass is 35.5. The summed E-state index contributed by atoms with van der Waals surface area (Å²) in [6.45, 7) is 4.09. The van der Waals surface area contributed by atoms with Gasteiger partial charge in [0, 0.05) is 42.0 Å². The number of hydrogen-bond donors (Lipinski definition) is 0. The van der Waals surface area contributed by atoms with Crippen LogP contribution < -0.4 is 4.90 Å². The quantitative estimate of drug-likeness (QED) is 0.414. The van der Waals surface area contributed by atoms with E-state index >= 15 is 0 Å². The predicted molar refractivity (Wildman–Crippen MR) is 140 cm³/mol. The highest BCUT2D eigenvalue weighted by Gasteiger charge is 2.29. The Morgan fingerprint density at radius 2 is 1.63 bits per heavy atom. The Morgan fingerprint density at radius 1 is 0.943 bits per heavy atom. The molecule has 0 unspecified atom stereocenters. The van der Waals surface area contributed by atoms with Crippen molar-refractivity contribution in [1.29, 1.82) is 5.26 Å². The van der Waals surface area contributed by atoms with Crippen LogP contribution in [0.4, 0.5) is 5.82 Å². The molecular weight excluding hydrogens is 458 g/mol. The molecule has 6 nitrogen and oxygen atoms in total. The number of rotatable bonds is 4. The van der Waals surface area contributed by atoms with Crippen molar-refractivity contribution in [3.8, 4) is 17.3 Å². The minimum atomic E-state index is 0. The molecule has 1 saturated heterocycles. The van der Waals surface area contributed by atoms with E-state index in [-0.39, 0.29) is 24.4 Å². The van der Waals surface area contributed by atoms with Crippen molar-refractivity contribution in [2.45, 2.75) is 19.4 Å². The van der Waals surface area contributed by atoms with Crippen LogP contribution in [0.25, 0.3) is 22.0 Å². The first-order valence-electron chi connectivity index (χ1n) is 11.5. The maximum Gasteiger partial charge on any atom is 0.227 e. The standard InChI is InChI=1S/C28H25N5O.ClH/c1-20-19-32(26(34)17-21-11-13-22(18-29)14-12-21)15-16-33(20)28-25-10-6-5-9-24(25)27(30-31-28)23-7-3-2-4-8-23;/h2-14,20H,15-17,19H2,1H3;1H/t20-;/m0./s1. The fraction of sp³-hybridized carbons (Fsp3) is 0.214. The van der Waals surface area contributed by atoms with Gasteiger partial charge in [-0.05, 0) is 24.6 Å². The van der Waals surface area contributed by atoms with E-state index in [2.05, 4.69) is 52.4 Å². The molecule has 1 aliphatic rings. The summed E-state index contributed by atoms with van der Waals surface area (Å²) in [5, 5.41) is 20.4. The summed E-state index contributed by atoms with van der Waals surface area (Å²) < 4.78 is 0. The van der Waals surface area contributed by atoms with Crippen molar-refractivity contribution >= 4 is 34.9 Å². The van der Waals surface area contributed by atoms with Crippen molar-refractivity contribution < 1.29 is 4.79 Å². The number of aromatic nitrogens is 2. The second-order valence-electron chi connectivity index (χ2n) is 8.65. The van der Waals surface area contributed by atoms with Crippen LogP contribution in [-0.4, -0.2) is 46.7 Å². The molecule has 2 heterocycles. The molecule has 1 amide bonds. The van der Waals surface area contributed by atoms with Gasteiger partial charge in [-0.2, -0.15) is 5.26 Å². The van der Waals surface area contributed by atoms with Gasteiger partial charge in [-0.25, -0.2) is 0 Å². The number of fused-ring (bicyclic) bond motifs is 1. The number of anilines is 1. The largest absolute Gasteiger partial charge is 0.348 e. The molecule has 0 radical (unpaired) electrons. The van der Waals surface area contributed by atoms with Crippen LogP contribution in [0.15, 0.2) is 78.9 Å². The maximum atomic E-state index is 12.9. The first-order valence-corrected chi connectivity index (χ1v) is 11.5. The van der Waals surface area contributed by atoms with Gasteiger partial charge in [0.25, 0.3) is 0 Å². The number of hydrogen-bond acceptors (Lipinski definition) is 5. The highest BCUT2D eigenvalue weighted by molar-refractivity contribution is 6.00. The lowest BCUT2D eigenvalue weighted by atomic mass is 10.0. The van der Waals surface area contributed by atoms with Crippen LogP contribution in [0, 0.1) is 11.3 Å². The number of benzene rings is 3. The number of nitrogens with zero attached hydrogens (tertiary/aromatic N) is 5. The monoisotopic (exact) mass is 483 g/mol. The topological polar surface area (TPSA) is 73.1 Å². The van der Waals surface area contributed by atoms with E-state index in [9.17, 15) is 4.79 Å². The van der Waals surface area contributed by atoms with Crippen LogP contribution in [-0.2, 0) is 11.2 Å². The number of nitriles is 1. The van der Waals surface area contributed by atoms with Crippen LogP contribution >= 0.6 is 12.4 Å². The molecule has 5 rings (SSSR count). The second-order valence-corrected chi connectivity index (χ2v) is 8.65. The molecule has 0 spiro atoms. The van der Waals surface area contributed by atoms with Gasteiger partial charge in [-0.1, -0.05) is 66.7 Å². The Balaban J connectivity index is 0.00000289. The fourth-order valence-corrected chi connectivity index (χ4v) is 4.59. The maximum absolute atomic E-state index is 12.9. The molecule has 176 valence electrons. The van der Waals surface area contributed by atoms with Gasteiger partial charge in [0.2, 0.25) is 5.91 Å². The SMILES string of the molecule is C[C@H]1CN(C(=O)Cc2ccc(C#N)cc2)CCN1c1nnc(-c2ccccc2)c2ccccc12.Cl. The predicted octanol–water partition coefficient (Wildman–Crippen LogP) is 4.87. The van der Waals surface area contributed by atoms with E-state index in [1.165, 1.54) is 0 Å². The lowest BCUT2D eigenvalue weighted by Gasteiger charge is -2.40. The van der Waals surface area contributed by atoms with Crippen LogP contribution in [0.3, 0.4) is 0 Å². The summed E-state index contributed by atoms with van der Waals surface area (Å²) in [7, 11) is 0. The normalized spacial score (nSPS) is 15.4. The summed E-state index contributed by atoms with van der Waals surface area (Å²) >= 11 is 0. The molecule has 1 aliphatic heterocycles. The molecule has 0 saturated carbocycles. The fourth-order valence-electron chi connectivity index (χ4n) is 4.59. The smallest absolute Gasteiger partial charge is 0.227 e. The molecule has 3 aromatic carbocycles. The number of amides is 1. The lowest BCUT2D eigenvalue weighted by molar-refractivity contribution is -0.131. The van der Waals surface area contributed by atoms with Gasteiger partial charge in [0.1, 0.15) is 5.69 Å². The van der Waals surface area contributed by atoms with Gasteiger partial charge in [-0.3, -0.25) is 4.79 Å². The second kappa shape index (κ2) is 10.5. The van der Waals surface area contributed by atoms with Gasteiger partial charge in [-0.15, -0.1) is 22.6 Å². The molecule has 1 atom stereocenters. The van der Waals surface area contributed by atoms with Gasteiger partial charge >= 0.3 is 0 Å². The summed E-state index contributed by atoms with van der Waals surface area (Å²) in [6.07, 6.45) is 0.340. The zero-order valence-corrected chi connectivity index (χ0v) is 20.3. The average Bonchev–Trinajstić information content (AvgIpc) is 2.89. The minimum Gasteiger partial charge on any atom is -0.348 e. The number of halogens is 1. The molecular formula is C28H26ClN5O. The van der Waals surface area contributed by atoms with Crippen molar-refractivity contribution in [1.82, 2.24) is 15.1 Å². The first kappa shape index (κ1) is 24.2. The van der Waals surface area contributed by atoms with Crippen LogP contribution in [0.5, 0.6) is 0 Å². The first-order chi connectivity index (χ1) is 16.6. The highest BCUT2D eigenvalue weighted by Crippen LogP contribution is 2.32. The van der Waals surface area contributed by atoms with Crippen molar-refractivity contribution in [2.75, 3.05) is 24.5 Å². The molecule has 4 aromatic rings. The molecule has 1 fully saturated rings. The van der Waals surface area contributed by atoms with Gasteiger partial charge in [0.05, 0.1) is 18.1 Å². The van der Waals surface area contributed by atoms with Crippen molar-refractivity contribution in [3.63, 3.8) is 0 Å². The van der Waals surface area contributed by atoms with Crippen molar-refractivity contribution in [2.24, 2.45) is 0 Å². The third-order valence-corrected chi connectivity index (χ3v) is 6.41. The summed E-state index contributed by atoms with van der Waals surface area (Å²) in [5.41, 5.74) is 3.45. The Hall–Kier alpha value is -3.95. The summed E-state index contributed by atoms with van der Waals surface area (Å²) in [6, 6.07) is 27.8. The van der Waals surface area contributed by atoms with Crippen molar-refractivity contribution in [3.05, 3.63) is 90.0 Å². The Kier molecular flexibility index (Phi) is 7.28. The average molecular weight is 484 g/mol. The molecule has 0 bridgehead atoms. The molecule has 7 heteroatoms. The molecule has 1 aromatic heterocycles. The van der Waals surface area contributed by atoms with E-state index in [0.717, 1.165) is 33.4 Å². The third-order valence-electron chi connectivity index (χ3n) is 6.41. The van der Waals surface area contributed by atoms with Crippen LogP contribution in [0.2, 0.25) is 0 Å². The number of carbonyl (C=O) groups is 1. The summed E-state index contributed by atoms with van der Waals surface area (Å²) in [5.74, 6) is 0.966. The Bertz CT molecular complexity index is 1370. The van der Waals surface area contributed by atoms with E-state index in [1.54, 1.807) is 12.1 Å². The molecule has 35 heavy (non-hydrogen) atoms. The van der Waals surface area contributed by atoms with Crippen LogP contribution in [0.1, 0.15) is 18.1 Å².